The predicted octanol–water partition coefficient (Wildman–Crippen LogP) is 0.997. The van der Waals surface area contributed by atoms with Gasteiger partial charge in [-0.2, -0.15) is 0 Å². The van der Waals surface area contributed by atoms with Gasteiger partial charge in [-0.25, -0.2) is 0 Å². The second-order valence-electron chi connectivity index (χ2n) is 6.37. The lowest BCUT2D eigenvalue weighted by molar-refractivity contribution is -0.140. The highest BCUT2D eigenvalue weighted by atomic mass is 35.5. The summed E-state index contributed by atoms with van der Waals surface area (Å²) in [7, 11) is 5.02. The number of nitrogens with one attached hydrogen (secondary N) is 1. The van der Waals surface area contributed by atoms with Gasteiger partial charge in [-0.1, -0.05) is 6.92 Å². The Labute approximate surface area is 146 Å². The number of carbonyl (C=O) groups is 2. The number of halogens is 1. The van der Waals surface area contributed by atoms with Crippen molar-refractivity contribution in [2.45, 2.75) is 26.2 Å². The van der Waals surface area contributed by atoms with Crippen molar-refractivity contribution in [3.8, 4) is 0 Å². The Morgan fingerprint density at radius 2 is 1.83 bits per heavy atom. The summed E-state index contributed by atoms with van der Waals surface area (Å²) in [5.41, 5.74) is 0. The van der Waals surface area contributed by atoms with Gasteiger partial charge in [-0.3, -0.25) is 9.59 Å². The fraction of sp³-hybridized carbons (Fsp3) is 0.875. The van der Waals surface area contributed by atoms with Gasteiger partial charge in [-0.05, 0) is 37.8 Å². The molecule has 1 fully saturated rings. The van der Waals surface area contributed by atoms with Crippen molar-refractivity contribution in [3.63, 3.8) is 0 Å². The molecule has 1 heterocycles. The SMILES string of the molecule is COCCN(CC(=O)N(C)C)C(=O)CC(C)C1CCNCC1.Cl. The molecule has 136 valence electrons. The number of ether oxygens (including phenoxy) is 1. The highest BCUT2D eigenvalue weighted by Crippen LogP contribution is 2.24. The zero-order valence-electron chi connectivity index (χ0n) is 14.8. The summed E-state index contributed by atoms with van der Waals surface area (Å²) in [4.78, 5) is 27.6. The van der Waals surface area contributed by atoms with Crippen LogP contribution in [0.1, 0.15) is 26.2 Å². The number of likely N-dealkylation sites (N-methyl/N-ethyl adjacent to an activating group) is 1. The van der Waals surface area contributed by atoms with Crippen molar-refractivity contribution in [1.82, 2.24) is 15.1 Å². The molecule has 1 rings (SSSR count). The number of hydrogen-bond acceptors (Lipinski definition) is 4. The molecule has 1 unspecified atom stereocenters. The zero-order chi connectivity index (χ0) is 16.5. The monoisotopic (exact) mass is 349 g/mol. The minimum absolute atomic E-state index is 0. The molecule has 0 radical (unpaired) electrons. The van der Waals surface area contributed by atoms with Gasteiger partial charge in [0, 0.05) is 34.2 Å². The van der Waals surface area contributed by atoms with Crippen LogP contribution in [0.15, 0.2) is 0 Å². The van der Waals surface area contributed by atoms with E-state index < -0.39 is 0 Å². The molecule has 0 bridgehead atoms. The van der Waals surface area contributed by atoms with E-state index in [1.807, 2.05) is 0 Å². The number of hydrogen-bond donors (Lipinski definition) is 1. The van der Waals surface area contributed by atoms with Crippen LogP contribution in [0.5, 0.6) is 0 Å². The molecule has 2 amide bonds. The highest BCUT2D eigenvalue weighted by molar-refractivity contribution is 5.85. The van der Waals surface area contributed by atoms with Gasteiger partial charge in [0.15, 0.2) is 0 Å². The van der Waals surface area contributed by atoms with Gasteiger partial charge in [0.25, 0.3) is 0 Å². The fourth-order valence-electron chi connectivity index (χ4n) is 2.78. The van der Waals surface area contributed by atoms with Crippen LogP contribution in [0, 0.1) is 11.8 Å². The number of piperidine rings is 1. The third-order valence-corrected chi connectivity index (χ3v) is 4.43. The lowest BCUT2D eigenvalue weighted by Gasteiger charge is -2.30. The molecular formula is C16H32ClN3O3. The molecule has 0 aromatic rings. The van der Waals surface area contributed by atoms with Crippen molar-refractivity contribution in [1.29, 1.82) is 0 Å². The van der Waals surface area contributed by atoms with E-state index in [1.54, 1.807) is 26.1 Å². The second-order valence-corrected chi connectivity index (χ2v) is 6.37. The summed E-state index contributed by atoms with van der Waals surface area (Å²) in [6.45, 7) is 5.28. The average molecular weight is 350 g/mol. The zero-order valence-corrected chi connectivity index (χ0v) is 15.7. The van der Waals surface area contributed by atoms with Gasteiger partial charge in [0.1, 0.15) is 0 Å². The molecule has 0 aliphatic carbocycles. The number of nitrogens with zero attached hydrogens (tertiary/aromatic N) is 2. The Morgan fingerprint density at radius 1 is 1.22 bits per heavy atom. The standard InChI is InChI=1S/C16H31N3O3.ClH/c1-13(14-5-7-17-8-6-14)11-15(20)19(9-10-22-4)12-16(21)18(2)3;/h13-14,17H,5-12H2,1-4H3;1H. The highest BCUT2D eigenvalue weighted by Gasteiger charge is 2.25. The van der Waals surface area contributed by atoms with E-state index >= 15 is 0 Å². The summed E-state index contributed by atoms with van der Waals surface area (Å²) in [6.07, 6.45) is 2.77. The maximum atomic E-state index is 12.5. The molecule has 1 N–H and O–H groups in total. The van der Waals surface area contributed by atoms with Gasteiger partial charge >= 0.3 is 0 Å². The number of amides is 2. The van der Waals surface area contributed by atoms with E-state index in [4.69, 9.17) is 4.74 Å². The Bertz CT molecular complexity index is 360. The van der Waals surface area contributed by atoms with Crippen LogP contribution in [0.4, 0.5) is 0 Å². The van der Waals surface area contributed by atoms with Crippen molar-refractivity contribution in [2.75, 3.05) is 54.0 Å². The first-order valence-electron chi connectivity index (χ1n) is 8.13. The topological polar surface area (TPSA) is 61.9 Å². The van der Waals surface area contributed by atoms with Crippen molar-refractivity contribution in [2.24, 2.45) is 11.8 Å². The van der Waals surface area contributed by atoms with Crippen LogP contribution in [0.2, 0.25) is 0 Å². The van der Waals surface area contributed by atoms with E-state index in [1.165, 1.54) is 4.90 Å². The molecule has 0 saturated carbocycles. The number of carbonyl (C=O) groups excluding carboxylic acids is 2. The summed E-state index contributed by atoms with van der Waals surface area (Å²) in [5.74, 6) is 0.949. The molecular weight excluding hydrogens is 318 g/mol. The molecule has 1 atom stereocenters. The van der Waals surface area contributed by atoms with E-state index in [-0.39, 0.29) is 30.8 Å². The lowest BCUT2D eigenvalue weighted by atomic mass is 9.84. The Kier molecular flexibility index (Phi) is 11.2. The van der Waals surface area contributed by atoms with E-state index in [2.05, 4.69) is 12.2 Å². The maximum absolute atomic E-state index is 12.5. The van der Waals surface area contributed by atoms with Crippen LogP contribution in [-0.2, 0) is 14.3 Å². The molecule has 0 spiro atoms. The Morgan fingerprint density at radius 3 is 2.35 bits per heavy atom. The predicted molar refractivity (Wildman–Crippen MR) is 93.8 cm³/mol. The molecule has 0 aromatic heterocycles. The van der Waals surface area contributed by atoms with Crippen LogP contribution in [-0.4, -0.2) is 75.6 Å². The summed E-state index contributed by atoms with van der Waals surface area (Å²) in [5, 5.41) is 3.35. The molecule has 1 aliphatic rings. The molecule has 0 aromatic carbocycles. The van der Waals surface area contributed by atoms with Crippen molar-refractivity contribution >= 4 is 24.2 Å². The minimum atomic E-state index is -0.0565. The van der Waals surface area contributed by atoms with Crippen LogP contribution in [0.25, 0.3) is 0 Å². The summed E-state index contributed by atoms with van der Waals surface area (Å²) < 4.78 is 5.06. The Hall–Kier alpha value is -0.850. The first-order chi connectivity index (χ1) is 10.5. The summed E-state index contributed by atoms with van der Waals surface area (Å²) in [6, 6.07) is 0. The van der Waals surface area contributed by atoms with Crippen molar-refractivity contribution < 1.29 is 14.3 Å². The third kappa shape index (κ3) is 7.99. The van der Waals surface area contributed by atoms with Crippen LogP contribution < -0.4 is 5.32 Å². The fourth-order valence-corrected chi connectivity index (χ4v) is 2.78. The van der Waals surface area contributed by atoms with Crippen LogP contribution >= 0.6 is 12.4 Å². The van der Waals surface area contributed by atoms with E-state index in [9.17, 15) is 9.59 Å². The first kappa shape index (κ1) is 22.1. The van der Waals surface area contributed by atoms with Gasteiger partial charge in [0.2, 0.25) is 11.8 Å². The number of rotatable bonds is 8. The minimum Gasteiger partial charge on any atom is -0.383 e. The quantitative estimate of drug-likeness (QED) is 0.710. The second kappa shape index (κ2) is 11.6. The van der Waals surface area contributed by atoms with Gasteiger partial charge < -0.3 is 19.9 Å². The van der Waals surface area contributed by atoms with E-state index in [0.717, 1.165) is 25.9 Å². The smallest absolute Gasteiger partial charge is 0.241 e. The van der Waals surface area contributed by atoms with Crippen molar-refractivity contribution in [3.05, 3.63) is 0 Å². The first-order valence-corrected chi connectivity index (χ1v) is 8.13. The van der Waals surface area contributed by atoms with Gasteiger partial charge in [0.05, 0.1) is 13.2 Å². The molecule has 23 heavy (non-hydrogen) atoms. The molecule has 7 heteroatoms. The lowest BCUT2D eigenvalue weighted by Crippen LogP contribution is -2.43. The maximum Gasteiger partial charge on any atom is 0.241 e. The molecule has 6 nitrogen and oxygen atoms in total. The molecule has 1 aliphatic heterocycles. The third-order valence-electron chi connectivity index (χ3n) is 4.43. The summed E-state index contributed by atoms with van der Waals surface area (Å²) >= 11 is 0. The Balaban J connectivity index is 0.00000484. The normalized spacial score (nSPS) is 16.3. The van der Waals surface area contributed by atoms with E-state index in [0.29, 0.717) is 31.4 Å². The largest absolute Gasteiger partial charge is 0.383 e. The molecule has 1 saturated heterocycles. The number of methoxy groups -OCH3 is 1. The van der Waals surface area contributed by atoms with Crippen LogP contribution in [0.3, 0.4) is 0 Å². The average Bonchev–Trinajstić information content (AvgIpc) is 2.51. The van der Waals surface area contributed by atoms with Gasteiger partial charge in [-0.15, -0.1) is 12.4 Å².